The molecule has 0 aliphatic carbocycles. The monoisotopic (exact) mass is 397 g/mol. The molecule has 0 aliphatic rings. The molecule has 1 amide bonds. The molecule has 6 heteroatoms. The van der Waals surface area contributed by atoms with Crippen molar-refractivity contribution in [3.8, 4) is 5.75 Å². The van der Waals surface area contributed by atoms with Crippen LogP contribution in [0.5, 0.6) is 5.75 Å². The number of rotatable bonds is 10. The SMILES string of the molecule is CCOc1ccccc1CCC(=O)OCC(=O)c1ccc(NC(=O)C(C)C)cc1. The standard InChI is InChI=1S/C23H27NO5/c1-4-28-21-8-6-5-7-18(21)11-14-22(26)29-15-20(25)17-9-12-19(13-10-17)24-23(27)16(2)3/h5-10,12-13,16H,4,11,14-15H2,1-3H3,(H,24,27). The summed E-state index contributed by atoms with van der Waals surface area (Å²) in [5.74, 6) is -0.205. The van der Waals surface area contributed by atoms with E-state index >= 15 is 0 Å². The van der Waals surface area contributed by atoms with Gasteiger partial charge < -0.3 is 14.8 Å². The van der Waals surface area contributed by atoms with E-state index in [1.54, 1.807) is 38.1 Å². The number of amides is 1. The van der Waals surface area contributed by atoms with Gasteiger partial charge >= 0.3 is 5.97 Å². The van der Waals surface area contributed by atoms with Crippen LogP contribution >= 0.6 is 0 Å². The fourth-order valence-corrected chi connectivity index (χ4v) is 2.57. The van der Waals surface area contributed by atoms with E-state index in [4.69, 9.17) is 9.47 Å². The lowest BCUT2D eigenvalue weighted by Crippen LogP contribution is -2.18. The molecule has 1 N–H and O–H groups in total. The topological polar surface area (TPSA) is 81.7 Å². The number of hydrogen-bond donors (Lipinski definition) is 1. The Labute approximate surface area is 171 Å². The molecule has 0 fully saturated rings. The molecule has 0 aliphatic heterocycles. The average Bonchev–Trinajstić information content (AvgIpc) is 2.72. The Morgan fingerprint density at radius 1 is 1.00 bits per heavy atom. The summed E-state index contributed by atoms with van der Waals surface area (Å²) in [6.45, 7) is 5.75. The van der Waals surface area contributed by atoms with Crippen LogP contribution in [0.4, 0.5) is 5.69 Å². The maximum atomic E-state index is 12.2. The van der Waals surface area contributed by atoms with Crippen molar-refractivity contribution in [1.29, 1.82) is 0 Å². The van der Waals surface area contributed by atoms with Gasteiger partial charge in [-0.15, -0.1) is 0 Å². The van der Waals surface area contributed by atoms with Gasteiger partial charge in [0.25, 0.3) is 0 Å². The van der Waals surface area contributed by atoms with Gasteiger partial charge in [-0.2, -0.15) is 0 Å². The first-order valence-corrected chi connectivity index (χ1v) is 9.71. The molecule has 0 radical (unpaired) electrons. The highest BCUT2D eigenvalue weighted by Gasteiger charge is 2.12. The fraction of sp³-hybridized carbons (Fsp3) is 0.348. The number of nitrogens with one attached hydrogen (secondary N) is 1. The third-order valence-corrected chi connectivity index (χ3v) is 4.23. The zero-order chi connectivity index (χ0) is 21.2. The summed E-state index contributed by atoms with van der Waals surface area (Å²) in [7, 11) is 0. The van der Waals surface area contributed by atoms with Crippen molar-refractivity contribution in [2.45, 2.75) is 33.6 Å². The first-order chi connectivity index (χ1) is 13.9. The largest absolute Gasteiger partial charge is 0.494 e. The molecular formula is C23H27NO5. The van der Waals surface area contributed by atoms with Crippen LogP contribution in [-0.4, -0.2) is 30.9 Å². The lowest BCUT2D eigenvalue weighted by atomic mass is 10.1. The van der Waals surface area contributed by atoms with E-state index in [0.29, 0.717) is 24.3 Å². The second-order valence-electron chi connectivity index (χ2n) is 6.85. The molecule has 0 aromatic heterocycles. The molecular weight excluding hydrogens is 370 g/mol. The summed E-state index contributed by atoms with van der Waals surface area (Å²) in [6.07, 6.45) is 0.644. The summed E-state index contributed by atoms with van der Waals surface area (Å²) in [6, 6.07) is 14.0. The van der Waals surface area contributed by atoms with E-state index in [2.05, 4.69) is 5.32 Å². The second kappa shape index (κ2) is 11.0. The smallest absolute Gasteiger partial charge is 0.306 e. The third-order valence-electron chi connectivity index (χ3n) is 4.23. The second-order valence-corrected chi connectivity index (χ2v) is 6.85. The number of para-hydroxylation sites is 1. The fourth-order valence-electron chi connectivity index (χ4n) is 2.57. The summed E-state index contributed by atoms with van der Waals surface area (Å²) < 4.78 is 10.6. The van der Waals surface area contributed by atoms with E-state index < -0.39 is 5.97 Å². The highest BCUT2D eigenvalue weighted by Crippen LogP contribution is 2.19. The quantitative estimate of drug-likeness (QED) is 0.483. The Balaban J connectivity index is 1.81. The normalized spacial score (nSPS) is 10.5. The molecule has 6 nitrogen and oxygen atoms in total. The highest BCUT2D eigenvalue weighted by molar-refractivity contribution is 5.99. The number of ketones is 1. The Morgan fingerprint density at radius 3 is 2.34 bits per heavy atom. The number of anilines is 1. The van der Waals surface area contributed by atoms with Crippen molar-refractivity contribution < 1.29 is 23.9 Å². The van der Waals surface area contributed by atoms with Crippen molar-refractivity contribution in [2.24, 2.45) is 5.92 Å². The van der Waals surface area contributed by atoms with E-state index in [-0.39, 0.29) is 30.6 Å². The van der Waals surface area contributed by atoms with Crippen molar-refractivity contribution >= 4 is 23.3 Å². The number of carbonyl (C=O) groups is 3. The van der Waals surface area contributed by atoms with Crippen molar-refractivity contribution in [3.63, 3.8) is 0 Å². The van der Waals surface area contributed by atoms with E-state index in [0.717, 1.165) is 11.3 Å². The Bertz CT molecular complexity index is 843. The molecule has 2 rings (SSSR count). The van der Waals surface area contributed by atoms with Gasteiger partial charge in [-0.05, 0) is 49.2 Å². The van der Waals surface area contributed by atoms with Crippen molar-refractivity contribution in [1.82, 2.24) is 0 Å². The number of benzene rings is 2. The van der Waals surface area contributed by atoms with Gasteiger partial charge in [0.2, 0.25) is 5.91 Å². The summed E-state index contributed by atoms with van der Waals surface area (Å²) in [5, 5.41) is 2.76. The summed E-state index contributed by atoms with van der Waals surface area (Å²) in [4.78, 5) is 35.9. The maximum absolute atomic E-state index is 12.2. The Morgan fingerprint density at radius 2 is 1.69 bits per heavy atom. The van der Waals surface area contributed by atoms with Gasteiger partial charge in [-0.25, -0.2) is 0 Å². The first-order valence-electron chi connectivity index (χ1n) is 9.71. The third kappa shape index (κ3) is 7.07. The van der Waals surface area contributed by atoms with Gasteiger partial charge in [-0.3, -0.25) is 14.4 Å². The molecule has 2 aromatic carbocycles. The molecule has 0 spiro atoms. The minimum Gasteiger partial charge on any atom is -0.494 e. The van der Waals surface area contributed by atoms with Crippen LogP contribution in [0.3, 0.4) is 0 Å². The zero-order valence-electron chi connectivity index (χ0n) is 17.1. The lowest BCUT2D eigenvalue weighted by Gasteiger charge is -2.10. The number of ether oxygens (including phenoxy) is 2. The number of aryl methyl sites for hydroxylation is 1. The Hall–Kier alpha value is -3.15. The minimum atomic E-state index is -0.439. The van der Waals surface area contributed by atoms with E-state index in [1.807, 2.05) is 31.2 Å². The summed E-state index contributed by atoms with van der Waals surface area (Å²) in [5.41, 5.74) is 1.96. The summed E-state index contributed by atoms with van der Waals surface area (Å²) >= 11 is 0. The van der Waals surface area contributed by atoms with Crippen LogP contribution in [0.25, 0.3) is 0 Å². The van der Waals surface area contributed by atoms with Crippen molar-refractivity contribution in [3.05, 3.63) is 59.7 Å². The molecule has 154 valence electrons. The zero-order valence-corrected chi connectivity index (χ0v) is 17.1. The molecule has 0 saturated carbocycles. The molecule has 0 unspecified atom stereocenters. The van der Waals surface area contributed by atoms with Crippen LogP contribution in [0, 0.1) is 5.92 Å². The Kier molecular flexibility index (Phi) is 8.40. The first kappa shape index (κ1) is 22.1. The molecule has 0 atom stereocenters. The molecule has 29 heavy (non-hydrogen) atoms. The van der Waals surface area contributed by atoms with Crippen LogP contribution < -0.4 is 10.1 Å². The van der Waals surface area contributed by atoms with E-state index in [9.17, 15) is 14.4 Å². The molecule has 2 aromatic rings. The molecule has 0 saturated heterocycles. The van der Waals surface area contributed by atoms with Crippen LogP contribution in [0.1, 0.15) is 43.1 Å². The highest BCUT2D eigenvalue weighted by atomic mass is 16.5. The lowest BCUT2D eigenvalue weighted by molar-refractivity contribution is -0.142. The van der Waals surface area contributed by atoms with Gasteiger partial charge in [0.15, 0.2) is 12.4 Å². The predicted molar refractivity (Wildman–Crippen MR) is 111 cm³/mol. The van der Waals surface area contributed by atoms with Crippen molar-refractivity contribution in [2.75, 3.05) is 18.5 Å². The van der Waals surface area contributed by atoms with E-state index in [1.165, 1.54) is 0 Å². The van der Waals surface area contributed by atoms with Gasteiger partial charge in [-0.1, -0.05) is 32.0 Å². The predicted octanol–water partition coefficient (Wildman–Crippen LogP) is 4.04. The van der Waals surface area contributed by atoms with Crippen LogP contribution in [0.2, 0.25) is 0 Å². The number of carbonyl (C=O) groups excluding carboxylic acids is 3. The number of esters is 1. The molecule has 0 bridgehead atoms. The van der Waals surface area contributed by atoms with Gasteiger partial charge in [0.05, 0.1) is 6.61 Å². The van der Waals surface area contributed by atoms with Gasteiger partial charge in [0.1, 0.15) is 5.75 Å². The van der Waals surface area contributed by atoms with Gasteiger partial charge in [0, 0.05) is 23.6 Å². The molecule has 0 heterocycles. The number of Topliss-reactive ketones (excluding diaryl/α,β-unsaturated/α-hetero) is 1. The van der Waals surface area contributed by atoms with Crippen LogP contribution in [0.15, 0.2) is 48.5 Å². The number of hydrogen-bond acceptors (Lipinski definition) is 5. The average molecular weight is 397 g/mol. The minimum absolute atomic E-state index is 0.0936. The van der Waals surface area contributed by atoms with Crippen LogP contribution in [-0.2, 0) is 20.7 Å². The maximum Gasteiger partial charge on any atom is 0.306 e.